The quantitative estimate of drug-likeness (QED) is 0.301. The van der Waals surface area contributed by atoms with Crippen LogP contribution >= 0.6 is 22.7 Å². The van der Waals surface area contributed by atoms with Crippen molar-refractivity contribution in [1.82, 2.24) is 5.01 Å². The van der Waals surface area contributed by atoms with E-state index in [-0.39, 0.29) is 24.5 Å². The van der Waals surface area contributed by atoms with E-state index >= 15 is 0 Å². The van der Waals surface area contributed by atoms with E-state index in [1.165, 1.54) is 15.3 Å². The van der Waals surface area contributed by atoms with Gasteiger partial charge in [-0.3, -0.25) is 4.79 Å². The second-order valence-corrected chi connectivity index (χ2v) is 10.6. The summed E-state index contributed by atoms with van der Waals surface area (Å²) in [7, 11) is 0. The number of carbonyl (C=O) groups is 1. The van der Waals surface area contributed by atoms with Crippen molar-refractivity contribution in [3.05, 3.63) is 92.8 Å². The third-order valence-corrected chi connectivity index (χ3v) is 8.30. The van der Waals surface area contributed by atoms with Gasteiger partial charge in [0.2, 0.25) is 0 Å². The summed E-state index contributed by atoms with van der Waals surface area (Å²) in [6.07, 6.45) is 5.40. The molecule has 1 fully saturated rings. The van der Waals surface area contributed by atoms with Crippen LogP contribution in [0.5, 0.6) is 5.75 Å². The molecule has 0 radical (unpaired) electrons. The number of hydrogen-bond acceptors (Lipinski definition) is 5. The minimum atomic E-state index is -0.107. The number of hydrogen-bond donors (Lipinski definition) is 0. The van der Waals surface area contributed by atoms with Crippen molar-refractivity contribution in [2.45, 2.75) is 25.3 Å². The largest absolute Gasteiger partial charge is 0.484 e. The van der Waals surface area contributed by atoms with Crippen LogP contribution in [0.4, 0.5) is 0 Å². The highest BCUT2D eigenvalue weighted by Crippen LogP contribution is 2.45. The lowest BCUT2D eigenvalue weighted by Gasteiger charge is -2.28. The van der Waals surface area contributed by atoms with Crippen molar-refractivity contribution in [3.63, 3.8) is 0 Å². The predicted molar refractivity (Wildman–Crippen MR) is 140 cm³/mol. The van der Waals surface area contributed by atoms with Crippen LogP contribution in [0.15, 0.2) is 88.2 Å². The lowest BCUT2D eigenvalue weighted by molar-refractivity contribution is -0.135. The minimum Gasteiger partial charge on any atom is -0.484 e. The summed E-state index contributed by atoms with van der Waals surface area (Å²) in [5.74, 6) is 0.814. The highest BCUT2D eigenvalue weighted by molar-refractivity contribution is 7.11. The van der Waals surface area contributed by atoms with Gasteiger partial charge in [0.1, 0.15) is 5.75 Å². The number of fused-ring (bicyclic) bond motifs is 2. The van der Waals surface area contributed by atoms with E-state index < -0.39 is 0 Å². The van der Waals surface area contributed by atoms with Gasteiger partial charge in [-0.25, -0.2) is 5.01 Å². The van der Waals surface area contributed by atoms with Crippen LogP contribution in [0, 0.1) is 5.92 Å². The van der Waals surface area contributed by atoms with Crippen LogP contribution in [0.3, 0.4) is 0 Å². The summed E-state index contributed by atoms with van der Waals surface area (Å²) in [5.41, 5.74) is 2.32. The Morgan fingerprint density at radius 1 is 1.03 bits per heavy atom. The zero-order valence-electron chi connectivity index (χ0n) is 18.6. The Morgan fingerprint density at radius 2 is 1.88 bits per heavy atom. The fourth-order valence-corrected chi connectivity index (χ4v) is 6.52. The fourth-order valence-electron chi connectivity index (χ4n) is 4.96. The first-order valence-electron chi connectivity index (χ1n) is 11.6. The van der Waals surface area contributed by atoms with Gasteiger partial charge in [0.25, 0.3) is 5.91 Å². The molecule has 6 rings (SSSR count). The molecule has 0 spiro atoms. The third kappa shape index (κ3) is 4.08. The number of amides is 1. The van der Waals surface area contributed by atoms with E-state index in [4.69, 9.17) is 9.84 Å². The summed E-state index contributed by atoms with van der Waals surface area (Å²) >= 11 is 3.43. The molecule has 170 valence electrons. The van der Waals surface area contributed by atoms with Gasteiger partial charge in [0, 0.05) is 15.7 Å². The lowest BCUT2D eigenvalue weighted by atomic mass is 9.79. The molecule has 0 N–H and O–H groups in total. The molecule has 0 unspecified atom stereocenters. The van der Waals surface area contributed by atoms with E-state index in [9.17, 15) is 4.79 Å². The number of carbonyl (C=O) groups excluding carboxylic acids is 1. The molecule has 2 aromatic carbocycles. The Bertz CT molecular complexity index is 1370. The monoisotopic (exact) mass is 484 g/mol. The van der Waals surface area contributed by atoms with Crippen molar-refractivity contribution in [2.75, 3.05) is 6.61 Å². The van der Waals surface area contributed by atoms with Crippen molar-refractivity contribution < 1.29 is 9.53 Å². The summed E-state index contributed by atoms with van der Waals surface area (Å²) in [6, 6.07) is 22.4. The Hall–Kier alpha value is -3.22. The summed E-state index contributed by atoms with van der Waals surface area (Å²) in [4.78, 5) is 15.8. The third-order valence-electron chi connectivity index (χ3n) is 6.53. The number of benzene rings is 2. The second kappa shape index (κ2) is 9.20. The molecule has 34 heavy (non-hydrogen) atoms. The number of ether oxygens (including phenoxy) is 1. The molecule has 1 aliphatic carbocycles. The summed E-state index contributed by atoms with van der Waals surface area (Å²) < 4.78 is 5.95. The Kier molecular flexibility index (Phi) is 5.77. The molecule has 0 bridgehead atoms. The number of rotatable bonds is 5. The first kappa shape index (κ1) is 21.3. The van der Waals surface area contributed by atoms with Gasteiger partial charge in [-0.2, -0.15) is 5.10 Å². The van der Waals surface area contributed by atoms with Crippen LogP contribution in [-0.2, 0) is 4.79 Å². The molecule has 2 aliphatic rings. The topological polar surface area (TPSA) is 41.9 Å². The molecule has 6 heteroatoms. The molecular weight excluding hydrogens is 460 g/mol. The fraction of sp³-hybridized carbons (Fsp3) is 0.214. The van der Waals surface area contributed by atoms with Crippen molar-refractivity contribution in [1.29, 1.82) is 0 Å². The number of thiophene rings is 2. The molecule has 1 saturated carbocycles. The normalized spacial score (nSPS) is 21.0. The van der Waals surface area contributed by atoms with Crippen LogP contribution in [0.25, 0.3) is 16.8 Å². The van der Waals surface area contributed by atoms with Crippen molar-refractivity contribution >= 4 is 51.1 Å². The number of hydrazone groups is 1. The smallest absolute Gasteiger partial charge is 0.281 e. The van der Waals surface area contributed by atoms with E-state index in [0.29, 0.717) is 5.75 Å². The van der Waals surface area contributed by atoms with Crippen LogP contribution < -0.4 is 4.74 Å². The molecular formula is C28H24N2O2S2. The van der Waals surface area contributed by atoms with E-state index in [0.717, 1.165) is 35.7 Å². The molecule has 0 saturated heterocycles. The minimum absolute atomic E-state index is 0.0340. The maximum absolute atomic E-state index is 13.4. The standard InChI is InChI=1S/C28H24N2O2S2/c31-26(18-32-22-13-12-19-6-1-2-7-20(19)16-22)30-28(25-11-5-15-34-25)24-10-3-8-21(27(24)29-30)17-23-9-4-14-33-23/h1-2,4-7,9,11-17,24,28H,3,8,10,18H2/b21-17+/t24-,28-/m1/s1. The highest BCUT2D eigenvalue weighted by atomic mass is 32.1. The van der Waals surface area contributed by atoms with Crippen molar-refractivity contribution in [3.8, 4) is 5.75 Å². The van der Waals surface area contributed by atoms with Gasteiger partial charge in [-0.1, -0.05) is 42.5 Å². The Balaban J connectivity index is 1.28. The summed E-state index contributed by atoms with van der Waals surface area (Å²) in [6.45, 7) is -0.0340. The Morgan fingerprint density at radius 3 is 2.71 bits per heavy atom. The zero-order valence-corrected chi connectivity index (χ0v) is 20.2. The van der Waals surface area contributed by atoms with Crippen LogP contribution in [0.1, 0.15) is 35.1 Å². The maximum Gasteiger partial charge on any atom is 0.281 e. The van der Waals surface area contributed by atoms with Gasteiger partial charge in [-0.15, -0.1) is 22.7 Å². The molecule has 3 heterocycles. The average molecular weight is 485 g/mol. The average Bonchev–Trinajstić information content (AvgIpc) is 3.63. The summed E-state index contributed by atoms with van der Waals surface area (Å²) in [5, 5.41) is 13.0. The van der Waals surface area contributed by atoms with Gasteiger partial charge >= 0.3 is 0 Å². The van der Waals surface area contributed by atoms with Gasteiger partial charge in [0.05, 0.1) is 11.8 Å². The van der Waals surface area contributed by atoms with Gasteiger partial charge in [0.15, 0.2) is 6.61 Å². The van der Waals surface area contributed by atoms with Crippen LogP contribution in [-0.4, -0.2) is 23.2 Å². The molecule has 1 amide bonds. The van der Waals surface area contributed by atoms with E-state index in [1.807, 2.05) is 30.3 Å². The SMILES string of the molecule is O=C(COc1ccc2ccccc2c1)N1N=C2/C(=C/c3cccs3)CCC[C@H]2[C@@H]1c1cccs1. The number of nitrogens with zero attached hydrogens (tertiary/aromatic N) is 2. The first-order valence-corrected chi connectivity index (χ1v) is 13.3. The lowest BCUT2D eigenvalue weighted by Crippen LogP contribution is -2.34. The zero-order chi connectivity index (χ0) is 22.9. The molecule has 2 atom stereocenters. The van der Waals surface area contributed by atoms with Gasteiger partial charge in [-0.05, 0) is 76.7 Å². The second-order valence-electron chi connectivity index (χ2n) is 8.67. The Labute approximate surface area is 206 Å². The maximum atomic E-state index is 13.4. The highest BCUT2D eigenvalue weighted by Gasteiger charge is 2.44. The molecule has 4 aromatic rings. The first-order chi connectivity index (χ1) is 16.8. The molecule has 2 aromatic heterocycles. The van der Waals surface area contributed by atoms with Crippen LogP contribution in [0.2, 0.25) is 0 Å². The van der Waals surface area contributed by atoms with Gasteiger partial charge < -0.3 is 4.74 Å². The van der Waals surface area contributed by atoms with Crippen molar-refractivity contribution in [2.24, 2.45) is 11.0 Å². The predicted octanol–water partition coefficient (Wildman–Crippen LogP) is 7.16. The van der Waals surface area contributed by atoms with E-state index in [1.54, 1.807) is 27.7 Å². The van der Waals surface area contributed by atoms with E-state index in [2.05, 4.69) is 53.2 Å². The number of allylic oxidation sites excluding steroid dienone is 1. The molecule has 4 nitrogen and oxygen atoms in total. The molecule has 1 aliphatic heterocycles.